The summed E-state index contributed by atoms with van der Waals surface area (Å²) in [6.07, 6.45) is 4.35. The van der Waals surface area contributed by atoms with Crippen molar-refractivity contribution in [2.75, 3.05) is 0 Å². The third-order valence-electron chi connectivity index (χ3n) is 2.04. The molecule has 0 unspecified atom stereocenters. The van der Waals surface area contributed by atoms with Gasteiger partial charge in [0.2, 0.25) is 0 Å². The summed E-state index contributed by atoms with van der Waals surface area (Å²) < 4.78 is 1.89. The Balaban J connectivity index is 2.50. The summed E-state index contributed by atoms with van der Waals surface area (Å²) in [4.78, 5) is 3.96. The number of aromatic nitrogens is 4. The predicted octanol–water partition coefficient (Wildman–Crippen LogP) is 2.37. The van der Waals surface area contributed by atoms with E-state index in [1.165, 1.54) is 0 Å². The molecule has 80 valence electrons. The van der Waals surface area contributed by atoms with Crippen molar-refractivity contribution in [1.29, 1.82) is 0 Å². The smallest absolute Gasteiger partial charge is 0.198 e. The molecule has 0 spiro atoms. The van der Waals surface area contributed by atoms with Crippen molar-refractivity contribution in [2.24, 2.45) is 5.41 Å². The Morgan fingerprint density at radius 1 is 1.33 bits per heavy atom. The van der Waals surface area contributed by atoms with Crippen molar-refractivity contribution in [3.63, 3.8) is 0 Å². The van der Waals surface area contributed by atoms with Crippen LogP contribution in [0.1, 0.15) is 26.6 Å². The Labute approximate surface area is 93.3 Å². The fraction of sp³-hybridized carbons (Fsp3) is 0.500. The lowest BCUT2D eigenvalue weighted by molar-refractivity contribution is 0.399. The lowest BCUT2D eigenvalue weighted by atomic mass is 9.92. The lowest BCUT2D eigenvalue weighted by Gasteiger charge is -2.16. The second kappa shape index (κ2) is 3.45. The van der Waals surface area contributed by atoms with Gasteiger partial charge in [-0.05, 0) is 5.41 Å². The number of rotatable bonds is 1. The van der Waals surface area contributed by atoms with E-state index in [1.807, 2.05) is 10.6 Å². The van der Waals surface area contributed by atoms with Crippen LogP contribution in [0.2, 0.25) is 5.15 Å². The van der Waals surface area contributed by atoms with Crippen LogP contribution in [0.4, 0.5) is 0 Å². The van der Waals surface area contributed by atoms with Crippen LogP contribution in [0.3, 0.4) is 0 Å². The molecule has 2 aromatic heterocycles. The van der Waals surface area contributed by atoms with Gasteiger partial charge in [0.25, 0.3) is 0 Å². The van der Waals surface area contributed by atoms with Gasteiger partial charge in [-0.15, -0.1) is 10.2 Å². The highest BCUT2D eigenvalue weighted by Crippen LogP contribution is 2.21. The molecule has 2 rings (SSSR count). The van der Waals surface area contributed by atoms with E-state index >= 15 is 0 Å². The summed E-state index contributed by atoms with van der Waals surface area (Å²) in [6.45, 7) is 6.49. The normalized spacial score (nSPS) is 12.3. The van der Waals surface area contributed by atoms with Crippen LogP contribution < -0.4 is 0 Å². The van der Waals surface area contributed by atoms with Gasteiger partial charge in [-0.2, -0.15) is 0 Å². The third-order valence-corrected chi connectivity index (χ3v) is 2.31. The molecule has 0 saturated heterocycles. The highest BCUT2D eigenvalue weighted by molar-refractivity contribution is 6.32. The van der Waals surface area contributed by atoms with Gasteiger partial charge in [0.1, 0.15) is 5.82 Å². The predicted molar refractivity (Wildman–Crippen MR) is 59.0 cm³/mol. The molecular formula is C10H13ClN4. The second-order valence-electron chi connectivity index (χ2n) is 4.77. The number of hydrogen-bond donors (Lipinski definition) is 0. The molecule has 0 aromatic carbocycles. The van der Waals surface area contributed by atoms with Crippen molar-refractivity contribution >= 4 is 17.2 Å². The Morgan fingerprint density at radius 2 is 2.07 bits per heavy atom. The molecule has 0 amide bonds. The highest BCUT2D eigenvalue weighted by atomic mass is 35.5. The maximum Gasteiger partial charge on any atom is 0.198 e. The van der Waals surface area contributed by atoms with Crippen molar-refractivity contribution < 1.29 is 0 Å². The maximum atomic E-state index is 5.91. The van der Waals surface area contributed by atoms with Crippen LogP contribution >= 0.6 is 11.6 Å². The SMILES string of the molecule is CC(C)(C)Cc1nnc2c(Cl)nccn12. The largest absolute Gasteiger partial charge is 0.282 e. The minimum atomic E-state index is 0.179. The quantitative estimate of drug-likeness (QED) is 0.747. The summed E-state index contributed by atoms with van der Waals surface area (Å²) >= 11 is 5.91. The van der Waals surface area contributed by atoms with Crippen molar-refractivity contribution in [3.05, 3.63) is 23.4 Å². The highest BCUT2D eigenvalue weighted by Gasteiger charge is 2.16. The molecule has 15 heavy (non-hydrogen) atoms. The average Bonchev–Trinajstić information content (AvgIpc) is 2.48. The van der Waals surface area contributed by atoms with E-state index in [0.29, 0.717) is 10.8 Å². The van der Waals surface area contributed by atoms with Gasteiger partial charge < -0.3 is 0 Å². The maximum absolute atomic E-state index is 5.91. The zero-order valence-corrected chi connectivity index (χ0v) is 9.78. The van der Waals surface area contributed by atoms with Gasteiger partial charge in [-0.1, -0.05) is 32.4 Å². The molecule has 0 aliphatic rings. The monoisotopic (exact) mass is 224 g/mol. The van der Waals surface area contributed by atoms with E-state index in [0.717, 1.165) is 12.2 Å². The number of hydrogen-bond acceptors (Lipinski definition) is 3. The van der Waals surface area contributed by atoms with Crippen LogP contribution in [-0.4, -0.2) is 19.6 Å². The van der Waals surface area contributed by atoms with E-state index < -0.39 is 0 Å². The Kier molecular flexibility index (Phi) is 2.38. The van der Waals surface area contributed by atoms with Gasteiger partial charge in [-0.3, -0.25) is 4.40 Å². The molecule has 4 nitrogen and oxygen atoms in total. The Morgan fingerprint density at radius 3 is 2.73 bits per heavy atom. The molecule has 0 radical (unpaired) electrons. The Hall–Kier alpha value is -1.16. The summed E-state index contributed by atoms with van der Waals surface area (Å²) in [5, 5.41) is 8.54. The van der Waals surface area contributed by atoms with E-state index in [4.69, 9.17) is 11.6 Å². The summed E-state index contributed by atoms with van der Waals surface area (Å²) in [5.41, 5.74) is 0.803. The fourth-order valence-corrected chi connectivity index (χ4v) is 1.62. The fourth-order valence-electron chi connectivity index (χ4n) is 1.44. The summed E-state index contributed by atoms with van der Waals surface area (Å²) in [7, 11) is 0. The summed E-state index contributed by atoms with van der Waals surface area (Å²) in [6, 6.07) is 0. The number of nitrogens with zero attached hydrogens (tertiary/aromatic N) is 4. The molecule has 5 heteroatoms. The number of halogens is 1. The van der Waals surface area contributed by atoms with E-state index in [-0.39, 0.29) is 5.41 Å². The molecule has 0 atom stereocenters. The van der Waals surface area contributed by atoms with Crippen molar-refractivity contribution in [1.82, 2.24) is 19.6 Å². The molecule has 0 saturated carbocycles. The summed E-state index contributed by atoms with van der Waals surface area (Å²) in [5.74, 6) is 0.918. The molecule has 0 aliphatic carbocycles. The molecule has 0 N–H and O–H groups in total. The Bertz CT molecular complexity index is 484. The van der Waals surface area contributed by atoms with E-state index in [2.05, 4.69) is 36.0 Å². The first-order chi connectivity index (χ1) is 6.97. The zero-order chi connectivity index (χ0) is 11.1. The van der Waals surface area contributed by atoms with E-state index in [1.54, 1.807) is 6.20 Å². The second-order valence-corrected chi connectivity index (χ2v) is 5.12. The van der Waals surface area contributed by atoms with Crippen molar-refractivity contribution in [2.45, 2.75) is 27.2 Å². The van der Waals surface area contributed by atoms with Crippen LogP contribution in [0.5, 0.6) is 0 Å². The van der Waals surface area contributed by atoms with Gasteiger partial charge in [-0.25, -0.2) is 4.98 Å². The van der Waals surface area contributed by atoms with Gasteiger partial charge in [0.05, 0.1) is 0 Å². The third kappa shape index (κ3) is 2.09. The van der Waals surface area contributed by atoms with Crippen LogP contribution in [0.15, 0.2) is 12.4 Å². The van der Waals surface area contributed by atoms with E-state index in [9.17, 15) is 0 Å². The first kappa shape index (κ1) is 10.4. The molecule has 2 heterocycles. The lowest BCUT2D eigenvalue weighted by Crippen LogP contribution is -2.12. The molecule has 0 fully saturated rings. The molecular weight excluding hydrogens is 212 g/mol. The van der Waals surface area contributed by atoms with Gasteiger partial charge >= 0.3 is 0 Å². The molecule has 0 bridgehead atoms. The topological polar surface area (TPSA) is 43.1 Å². The minimum absolute atomic E-state index is 0.179. The first-order valence-corrected chi connectivity index (χ1v) is 5.19. The van der Waals surface area contributed by atoms with Crippen LogP contribution in [0.25, 0.3) is 5.65 Å². The number of fused-ring (bicyclic) bond motifs is 1. The van der Waals surface area contributed by atoms with Crippen molar-refractivity contribution in [3.8, 4) is 0 Å². The molecule has 0 aliphatic heterocycles. The van der Waals surface area contributed by atoms with Crippen LogP contribution in [0, 0.1) is 5.41 Å². The minimum Gasteiger partial charge on any atom is -0.282 e. The molecule has 2 aromatic rings. The standard InChI is InChI=1S/C10H13ClN4/c1-10(2,3)6-7-13-14-9-8(11)12-4-5-15(7)9/h4-5H,6H2,1-3H3. The van der Waals surface area contributed by atoms with Gasteiger partial charge in [0, 0.05) is 18.8 Å². The first-order valence-electron chi connectivity index (χ1n) is 4.81. The average molecular weight is 225 g/mol. The zero-order valence-electron chi connectivity index (χ0n) is 9.03. The van der Waals surface area contributed by atoms with Gasteiger partial charge in [0.15, 0.2) is 10.8 Å². The van der Waals surface area contributed by atoms with Crippen LogP contribution in [-0.2, 0) is 6.42 Å².